The van der Waals surface area contributed by atoms with Gasteiger partial charge < -0.3 is 14.2 Å². The van der Waals surface area contributed by atoms with E-state index < -0.39 is 0 Å². The number of aryl methyl sites for hydroxylation is 1. The number of fused-ring (bicyclic) bond motifs is 1. The zero-order valence-corrected chi connectivity index (χ0v) is 14.8. The van der Waals surface area contributed by atoms with Crippen LogP contribution in [0.2, 0.25) is 0 Å². The Kier molecular flexibility index (Phi) is 6.48. The number of benzene rings is 1. The quantitative estimate of drug-likeness (QED) is 0.842. The molecule has 5 heteroatoms. The Morgan fingerprint density at radius 1 is 1.08 bits per heavy atom. The van der Waals surface area contributed by atoms with Crippen molar-refractivity contribution in [2.75, 3.05) is 19.7 Å². The topological polar surface area (TPSA) is 47.4 Å². The van der Waals surface area contributed by atoms with Crippen molar-refractivity contribution in [1.29, 1.82) is 0 Å². The van der Waals surface area contributed by atoms with E-state index >= 15 is 0 Å². The van der Waals surface area contributed by atoms with E-state index in [9.17, 15) is 4.79 Å². The minimum absolute atomic E-state index is 0.129. The molecular weight excluding hydrogens is 314 g/mol. The number of rotatable bonds is 2. The summed E-state index contributed by atoms with van der Waals surface area (Å²) in [6, 6.07) is 8.27. The lowest BCUT2D eigenvalue weighted by molar-refractivity contribution is -0.132. The number of nitrogens with zero attached hydrogens (tertiary/aromatic N) is 3. The van der Waals surface area contributed by atoms with Gasteiger partial charge in [0.1, 0.15) is 18.9 Å². The predicted octanol–water partition coefficient (Wildman–Crippen LogP) is 3.30. The second kappa shape index (κ2) is 9.25. The fourth-order valence-corrected chi connectivity index (χ4v) is 3.26. The number of aromatic nitrogens is 2. The molecule has 0 saturated carbocycles. The van der Waals surface area contributed by atoms with Gasteiger partial charge in [0.05, 0.1) is 12.9 Å². The summed E-state index contributed by atoms with van der Waals surface area (Å²) < 4.78 is 7.82. The molecule has 2 heterocycles. The largest absolute Gasteiger partial charge is 0.491 e. The molecule has 1 amide bonds. The highest BCUT2D eigenvalue weighted by molar-refractivity contribution is 5.76. The molecule has 0 fully saturated rings. The molecule has 0 unspecified atom stereocenters. The summed E-state index contributed by atoms with van der Waals surface area (Å²) in [5.41, 5.74) is 1.28. The van der Waals surface area contributed by atoms with Crippen molar-refractivity contribution in [2.24, 2.45) is 0 Å². The van der Waals surface area contributed by atoms with Crippen LogP contribution in [0.25, 0.3) is 0 Å². The fraction of sp³-hybridized carbons (Fsp3) is 0.500. The van der Waals surface area contributed by atoms with Gasteiger partial charge in [-0.15, -0.1) is 0 Å². The van der Waals surface area contributed by atoms with E-state index in [0.29, 0.717) is 19.7 Å². The molecule has 0 spiro atoms. The van der Waals surface area contributed by atoms with Crippen molar-refractivity contribution in [3.8, 4) is 5.75 Å². The van der Waals surface area contributed by atoms with Crippen molar-refractivity contribution in [3.05, 3.63) is 48.5 Å². The first kappa shape index (κ1) is 17.5. The van der Waals surface area contributed by atoms with E-state index in [1.165, 1.54) is 31.2 Å². The summed E-state index contributed by atoms with van der Waals surface area (Å²) in [4.78, 5) is 18.6. The van der Waals surface area contributed by atoms with Crippen LogP contribution in [0.1, 0.15) is 37.7 Å². The van der Waals surface area contributed by atoms with Crippen LogP contribution in [0.4, 0.5) is 0 Å². The van der Waals surface area contributed by atoms with Crippen molar-refractivity contribution >= 4 is 5.91 Å². The average molecular weight is 341 g/mol. The maximum atomic E-state index is 12.6. The van der Waals surface area contributed by atoms with Crippen molar-refractivity contribution in [3.63, 3.8) is 0 Å². The third-order valence-electron chi connectivity index (χ3n) is 4.70. The van der Waals surface area contributed by atoms with E-state index in [4.69, 9.17) is 4.74 Å². The SMILES string of the molecule is O=C(Cn1ccnc1)N1CCCCCCCc2ccccc2OCC1. The summed E-state index contributed by atoms with van der Waals surface area (Å²) in [5.74, 6) is 1.09. The Bertz CT molecular complexity index is 655. The minimum atomic E-state index is 0.129. The maximum Gasteiger partial charge on any atom is 0.242 e. The number of imidazole rings is 1. The minimum Gasteiger partial charge on any atom is -0.491 e. The van der Waals surface area contributed by atoms with Crippen LogP contribution in [0.3, 0.4) is 0 Å². The van der Waals surface area contributed by atoms with Crippen LogP contribution in [0.15, 0.2) is 43.0 Å². The first-order chi connectivity index (χ1) is 12.3. The van der Waals surface area contributed by atoms with Crippen LogP contribution in [-0.2, 0) is 17.8 Å². The lowest BCUT2D eigenvalue weighted by Crippen LogP contribution is -2.37. The first-order valence-electron chi connectivity index (χ1n) is 9.27. The molecule has 25 heavy (non-hydrogen) atoms. The smallest absolute Gasteiger partial charge is 0.242 e. The van der Waals surface area contributed by atoms with E-state index in [1.807, 2.05) is 27.8 Å². The molecule has 0 radical (unpaired) electrons. The Balaban J connectivity index is 1.63. The van der Waals surface area contributed by atoms with Gasteiger partial charge in [-0.3, -0.25) is 4.79 Å². The molecule has 1 aromatic carbocycles. The van der Waals surface area contributed by atoms with Gasteiger partial charge in [-0.1, -0.05) is 37.5 Å². The number of carbonyl (C=O) groups excluding carboxylic acids is 1. The van der Waals surface area contributed by atoms with Gasteiger partial charge in [0.25, 0.3) is 0 Å². The fourth-order valence-electron chi connectivity index (χ4n) is 3.26. The Labute approximate surface area is 149 Å². The second-order valence-electron chi connectivity index (χ2n) is 6.59. The third-order valence-corrected chi connectivity index (χ3v) is 4.70. The normalized spacial score (nSPS) is 16.7. The van der Waals surface area contributed by atoms with Gasteiger partial charge in [0, 0.05) is 18.9 Å². The molecule has 1 aliphatic heterocycles. The van der Waals surface area contributed by atoms with Crippen LogP contribution in [0.5, 0.6) is 5.75 Å². The standard InChI is InChI=1S/C20H27N3O2/c24-20(16-22-13-11-21-17-22)23-12-7-3-1-2-4-8-18-9-5-6-10-19(18)25-15-14-23/h5-6,9-11,13,17H,1-4,7-8,12,14-16H2. The molecule has 3 rings (SSSR count). The predicted molar refractivity (Wildman–Crippen MR) is 97.5 cm³/mol. The Hall–Kier alpha value is -2.30. The lowest BCUT2D eigenvalue weighted by Gasteiger charge is -2.23. The molecule has 0 N–H and O–H groups in total. The molecule has 1 aliphatic rings. The first-order valence-corrected chi connectivity index (χ1v) is 9.27. The average Bonchev–Trinajstić information content (AvgIpc) is 3.13. The molecule has 5 nitrogen and oxygen atoms in total. The number of hydrogen-bond acceptors (Lipinski definition) is 3. The van der Waals surface area contributed by atoms with E-state index in [0.717, 1.165) is 25.1 Å². The van der Waals surface area contributed by atoms with E-state index in [-0.39, 0.29) is 5.91 Å². The number of hydrogen-bond donors (Lipinski definition) is 0. The maximum absolute atomic E-state index is 12.6. The zero-order chi connectivity index (χ0) is 17.3. The molecule has 134 valence electrons. The second-order valence-corrected chi connectivity index (χ2v) is 6.59. The van der Waals surface area contributed by atoms with Crippen molar-refractivity contribution < 1.29 is 9.53 Å². The third kappa shape index (κ3) is 5.34. The highest BCUT2D eigenvalue weighted by Crippen LogP contribution is 2.21. The van der Waals surface area contributed by atoms with Gasteiger partial charge in [-0.05, 0) is 30.9 Å². The summed E-state index contributed by atoms with van der Waals surface area (Å²) in [5, 5.41) is 0. The van der Waals surface area contributed by atoms with E-state index in [1.54, 1.807) is 12.5 Å². The molecule has 1 aromatic heterocycles. The molecular formula is C20H27N3O2. The summed E-state index contributed by atoms with van der Waals surface area (Å²) in [7, 11) is 0. The van der Waals surface area contributed by atoms with Crippen molar-refractivity contribution in [1.82, 2.24) is 14.5 Å². The van der Waals surface area contributed by atoms with Crippen LogP contribution >= 0.6 is 0 Å². The number of amides is 1. The van der Waals surface area contributed by atoms with Crippen LogP contribution in [0, 0.1) is 0 Å². The Morgan fingerprint density at radius 3 is 2.80 bits per heavy atom. The van der Waals surface area contributed by atoms with Gasteiger partial charge in [-0.2, -0.15) is 0 Å². The van der Waals surface area contributed by atoms with Crippen LogP contribution < -0.4 is 4.74 Å². The highest BCUT2D eigenvalue weighted by atomic mass is 16.5. The number of para-hydroxylation sites is 1. The Morgan fingerprint density at radius 2 is 1.92 bits per heavy atom. The lowest BCUT2D eigenvalue weighted by atomic mass is 10.0. The highest BCUT2D eigenvalue weighted by Gasteiger charge is 2.14. The van der Waals surface area contributed by atoms with Gasteiger partial charge in [0.2, 0.25) is 5.91 Å². The monoisotopic (exact) mass is 341 g/mol. The molecule has 0 bridgehead atoms. The molecule has 0 atom stereocenters. The summed E-state index contributed by atoms with van der Waals surface area (Å²) in [6.07, 6.45) is 12.2. The number of carbonyl (C=O) groups is 1. The van der Waals surface area contributed by atoms with E-state index in [2.05, 4.69) is 17.1 Å². The molecule has 0 aliphatic carbocycles. The number of ether oxygens (including phenoxy) is 1. The van der Waals surface area contributed by atoms with Crippen LogP contribution in [-0.4, -0.2) is 40.1 Å². The van der Waals surface area contributed by atoms with Gasteiger partial charge in [-0.25, -0.2) is 4.98 Å². The molecule has 0 saturated heterocycles. The van der Waals surface area contributed by atoms with Gasteiger partial charge >= 0.3 is 0 Å². The molecule has 2 aromatic rings. The summed E-state index contributed by atoms with van der Waals surface area (Å²) >= 11 is 0. The van der Waals surface area contributed by atoms with Gasteiger partial charge in [0.15, 0.2) is 0 Å². The summed E-state index contributed by atoms with van der Waals surface area (Å²) in [6.45, 7) is 2.31. The zero-order valence-electron chi connectivity index (χ0n) is 14.8. The van der Waals surface area contributed by atoms with Crippen molar-refractivity contribution in [2.45, 2.75) is 45.1 Å².